The Morgan fingerprint density at radius 3 is 2.90 bits per heavy atom. The largest absolute Gasteiger partial charge is 0.390 e. The fourth-order valence-corrected chi connectivity index (χ4v) is 3.57. The van der Waals surface area contributed by atoms with Crippen molar-refractivity contribution in [3.8, 4) is 11.4 Å². The van der Waals surface area contributed by atoms with Crippen LogP contribution in [-0.4, -0.2) is 51.3 Å². The number of aryl methyl sites for hydroxylation is 1. The summed E-state index contributed by atoms with van der Waals surface area (Å²) < 4.78 is 5.08. The third-order valence-electron chi connectivity index (χ3n) is 5.15. The van der Waals surface area contributed by atoms with Gasteiger partial charge in [0.2, 0.25) is 11.7 Å². The van der Waals surface area contributed by atoms with Crippen molar-refractivity contribution in [1.29, 1.82) is 0 Å². The van der Waals surface area contributed by atoms with Crippen LogP contribution < -0.4 is 11.5 Å². The van der Waals surface area contributed by atoms with Crippen LogP contribution in [0.25, 0.3) is 11.4 Å². The molecule has 4 rings (SSSR count). The molecule has 1 aliphatic heterocycles. The smallest absolute Gasteiger partial charge is 0.223 e. The summed E-state index contributed by atoms with van der Waals surface area (Å²) in [5, 5.41) is 3.97. The van der Waals surface area contributed by atoms with E-state index in [-0.39, 0.29) is 0 Å². The maximum absolute atomic E-state index is 6.03. The maximum atomic E-state index is 6.03. The molecule has 1 fully saturated rings. The van der Waals surface area contributed by atoms with Gasteiger partial charge in [0.05, 0.1) is 17.7 Å². The molecule has 9 heteroatoms. The van der Waals surface area contributed by atoms with E-state index in [1.54, 1.807) is 6.92 Å². The van der Waals surface area contributed by atoms with Gasteiger partial charge in [-0.05, 0) is 49.7 Å². The second-order valence-electron chi connectivity index (χ2n) is 7.39. The zero-order valence-electron chi connectivity index (χ0n) is 17.0. The molecule has 0 amide bonds. The van der Waals surface area contributed by atoms with Crippen molar-refractivity contribution in [2.24, 2.45) is 21.5 Å². The number of nitrogens with two attached hydrogens (primary N) is 2. The number of H-pyrrole nitrogens is 1. The van der Waals surface area contributed by atoms with E-state index in [9.17, 15) is 0 Å². The summed E-state index contributed by atoms with van der Waals surface area (Å²) in [6, 6.07) is 9.97. The van der Waals surface area contributed by atoms with Crippen LogP contribution in [0.5, 0.6) is 0 Å². The van der Waals surface area contributed by atoms with E-state index < -0.39 is 0 Å². The number of rotatable bonds is 5. The SMILES string of the molecule is Cc1nc(-c2cccc(N=C(N=CN)c3[nH]ccc3CN3CCC(N)CC3)c2)no1. The predicted molar refractivity (Wildman–Crippen MR) is 117 cm³/mol. The summed E-state index contributed by atoms with van der Waals surface area (Å²) in [5.74, 6) is 1.56. The molecule has 1 aromatic carbocycles. The monoisotopic (exact) mass is 406 g/mol. The lowest BCUT2D eigenvalue weighted by Gasteiger charge is -2.30. The second kappa shape index (κ2) is 9.02. The summed E-state index contributed by atoms with van der Waals surface area (Å²) in [4.78, 5) is 19.0. The van der Waals surface area contributed by atoms with E-state index in [2.05, 4.69) is 31.1 Å². The van der Waals surface area contributed by atoms with Gasteiger partial charge in [0.25, 0.3) is 0 Å². The number of nitrogens with zero attached hydrogens (tertiary/aromatic N) is 5. The number of benzene rings is 1. The normalized spacial score (nSPS) is 16.5. The van der Waals surface area contributed by atoms with Crippen LogP contribution in [0.1, 0.15) is 30.0 Å². The Morgan fingerprint density at radius 2 is 2.17 bits per heavy atom. The van der Waals surface area contributed by atoms with Gasteiger partial charge in [-0.1, -0.05) is 17.3 Å². The van der Waals surface area contributed by atoms with Crippen molar-refractivity contribution in [3.63, 3.8) is 0 Å². The zero-order chi connectivity index (χ0) is 20.9. The average molecular weight is 406 g/mol. The first kappa shape index (κ1) is 20.0. The molecule has 2 aromatic heterocycles. The van der Waals surface area contributed by atoms with Crippen LogP contribution in [-0.2, 0) is 6.54 Å². The first-order valence-electron chi connectivity index (χ1n) is 10.0. The highest BCUT2D eigenvalue weighted by molar-refractivity contribution is 6.03. The maximum Gasteiger partial charge on any atom is 0.223 e. The van der Waals surface area contributed by atoms with Crippen molar-refractivity contribution in [3.05, 3.63) is 53.7 Å². The predicted octanol–water partition coefficient (Wildman–Crippen LogP) is 2.36. The van der Waals surface area contributed by atoms with Gasteiger partial charge in [-0.2, -0.15) is 4.98 Å². The third kappa shape index (κ3) is 4.64. The van der Waals surface area contributed by atoms with Gasteiger partial charge < -0.3 is 21.0 Å². The van der Waals surface area contributed by atoms with Gasteiger partial charge in [-0.25, -0.2) is 9.98 Å². The molecule has 3 heterocycles. The molecule has 1 saturated heterocycles. The first-order chi connectivity index (χ1) is 14.6. The molecule has 0 unspecified atom stereocenters. The molecular formula is C21H26N8O. The lowest BCUT2D eigenvalue weighted by Crippen LogP contribution is -2.39. The first-order valence-corrected chi connectivity index (χ1v) is 10.0. The zero-order valence-corrected chi connectivity index (χ0v) is 17.0. The van der Waals surface area contributed by atoms with Gasteiger partial charge in [0.15, 0.2) is 5.84 Å². The molecule has 156 valence electrons. The Balaban J connectivity index is 1.61. The molecule has 0 spiro atoms. The number of piperidine rings is 1. The highest BCUT2D eigenvalue weighted by atomic mass is 16.5. The van der Waals surface area contributed by atoms with E-state index >= 15 is 0 Å². The number of hydrogen-bond donors (Lipinski definition) is 3. The average Bonchev–Trinajstić information content (AvgIpc) is 3.39. The lowest BCUT2D eigenvalue weighted by molar-refractivity contribution is 0.205. The van der Waals surface area contributed by atoms with E-state index in [0.717, 1.165) is 55.0 Å². The number of amidine groups is 1. The van der Waals surface area contributed by atoms with Crippen molar-refractivity contribution in [1.82, 2.24) is 20.0 Å². The van der Waals surface area contributed by atoms with Crippen molar-refractivity contribution in [2.75, 3.05) is 13.1 Å². The highest BCUT2D eigenvalue weighted by Crippen LogP contribution is 2.24. The Morgan fingerprint density at radius 1 is 1.33 bits per heavy atom. The number of nitrogens with one attached hydrogen (secondary N) is 1. The van der Waals surface area contributed by atoms with Crippen molar-refractivity contribution < 1.29 is 4.52 Å². The molecule has 0 bridgehead atoms. The fourth-order valence-electron chi connectivity index (χ4n) is 3.57. The van der Waals surface area contributed by atoms with Crippen LogP contribution in [0.2, 0.25) is 0 Å². The Bertz CT molecular complexity index is 1040. The van der Waals surface area contributed by atoms with Crippen LogP contribution in [0.4, 0.5) is 5.69 Å². The summed E-state index contributed by atoms with van der Waals surface area (Å²) in [6.45, 7) is 4.55. The minimum atomic E-state index is 0.307. The van der Waals surface area contributed by atoms with Gasteiger partial charge in [0, 0.05) is 31.3 Å². The Labute approximate surface area is 174 Å². The minimum absolute atomic E-state index is 0.307. The number of likely N-dealkylation sites (tertiary alicyclic amines) is 1. The molecule has 30 heavy (non-hydrogen) atoms. The molecular weight excluding hydrogens is 380 g/mol. The molecule has 0 radical (unpaired) electrons. The quantitative estimate of drug-likeness (QED) is 0.440. The van der Waals surface area contributed by atoms with Crippen LogP contribution in [0.15, 0.2) is 51.0 Å². The standard InChI is InChI=1S/C21H26N8O/c1-14-26-20(28-30-14)15-3-2-4-18(11-15)27-21(25-13-22)19-16(5-8-24-19)12-29-9-6-17(23)7-10-29/h2-5,8,11,13,17,24H,6-7,9-10,12,23H2,1H3,(H2,22,25,27). The Kier molecular flexibility index (Phi) is 6.01. The molecule has 0 atom stereocenters. The minimum Gasteiger partial charge on any atom is -0.390 e. The second-order valence-corrected chi connectivity index (χ2v) is 7.39. The molecule has 1 aliphatic rings. The number of hydrogen-bond acceptors (Lipinski definition) is 6. The summed E-state index contributed by atoms with van der Waals surface area (Å²) in [7, 11) is 0. The fraction of sp³-hybridized carbons (Fsp3) is 0.333. The van der Waals surface area contributed by atoms with Gasteiger partial charge in [-0.15, -0.1) is 0 Å². The van der Waals surface area contributed by atoms with Gasteiger partial charge in [-0.3, -0.25) is 4.90 Å². The number of aromatic amines is 1. The highest BCUT2D eigenvalue weighted by Gasteiger charge is 2.19. The van der Waals surface area contributed by atoms with E-state index in [1.165, 1.54) is 6.34 Å². The van der Waals surface area contributed by atoms with Gasteiger partial charge in [0.1, 0.15) is 0 Å². The molecule has 0 aliphatic carbocycles. The van der Waals surface area contributed by atoms with Crippen molar-refractivity contribution >= 4 is 17.9 Å². The topological polar surface area (TPSA) is 135 Å². The molecule has 3 aromatic rings. The molecule has 5 N–H and O–H groups in total. The van der Waals surface area contributed by atoms with Crippen molar-refractivity contribution in [2.45, 2.75) is 32.4 Å². The van der Waals surface area contributed by atoms with E-state index in [0.29, 0.717) is 23.6 Å². The lowest BCUT2D eigenvalue weighted by atomic mass is 10.1. The number of aliphatic imine (C=N–C) groups is 2. The van der Waals surface area contributed by atoms with Crippen LogP contribution >= 0.6 is 0 Å². The Hall–Kier alpha value is -3.30. The van der Waals surface area contributed by atoms with Crippen LogP contribution in [0.3, 0.4) is 0 Å². The van der Waals surface area contributed by atoms with E-state index in [4.69, 9.17) is 21.0 Å². The summed E-state index contributed by atoms with van der Waals surface area (Å²) in [5.41, 5.74) is 15.2. The summed E-state index contributed by atoms with van der Waals surface area (Å²) in [6.07, 6.45) is 5.20. The molecule has 0 saturated carbocycles. The van der Waals surface area contributed by atoms with Gasteiger partial charge >= 0.3 is 0 Å². The van der Waals surface area contributed by atoms with E-state index in [1.807, 2.05) is 30.5 Å². The molecule has 9 nitrogen and oxygen atoms in total. The summed E-state index contributed by atoms with van der Waals surface area (Å²) >= 11 is 0. The van der Waals surface area contributed by atoms with Crippen LogP contribution in [0, 0.1) is 6.92 Å². The third-order valence-corrected chi connectivity index (χ3v) is 5.15. The number of aromatic nitrogens is 3.